The van der Waals surface area contributed by atoms with Crippen molar-refractivity contribution in [1.29, 1.82) is 0 Å². The summed E-state index contributed by atoms with van der Waals surface area (Å²) in [5, 5.41) is 0.840. The summed E-state index contributed by atoms with van der Waals surface area (Å²) in [5.74, 6) is 0.769. The van der Waals surface area contributed by atoms with Crippen molar-refractivity contribution in [2.45, 2.75) is 6.10 Å². The first-order valence-corrected chi connectivity index (χ1v) is 5.35. The van der Waals surface area contributed by atoms with Crippen LogP contribution in [0.5, 0.6) is 0 Å². The second-order valence-electron chi connectivity index (χ2n) is 2.91. The number of hydrogen-bond acceptors (Lipinski definition) is 2. The molecule has 3 heteroatoms. The van der Waals surface area contributed by atoms with Crippen LogP contribution in [0, 0.1) is 0 Å². The van der Waals surface area contributed by atoms with Gasteiger partial charge < -0.3 is 4.74 Å². The fraction of sp³-hybridized carbons (Fsp3) is 0.300. The molecule has 1 aromatic rings. The summed E-state index contributed by atoms with van der Waals surface area (Å²) in [5.41, 5.74) is 1.06. The normalized spacial score (nSPS) is 21.0. The number of benzene rings is 1. The Kier molecular flexibility index (Phi) is 2.64. The number of halogens is 1. The van der Waals surface area contributed by atoms with E-state index in [4.69, 9.17) is 4.74 Å². The minimum atomic E-state index is 0.204. The highest BCUT2D eigenvalue weighted by atomic mass is 79.9. The summed E-state index contributed by atoms with van der Waals surface area (Å²) in [6.45, 7) is 0.759. The molecule has 0 radical (unpaired) electrons. The van der Waals surface area contributed by atoms with Gasteiger partial charge in [0.25, 0.3) is 0 Å². The molecule has 0 N–H and O–H groups in total. The van der Waals surface area contributed by atoms with E-state index in [1.54, 1.807) is 0 Å². The minimum Gasteiger partial charge on any atom is -0.471 e. The quantitative estimate of drug-likeness (QED) is 0.726. The van der Waals surface area contributed by atoms with Gasteiger partial charge in [-0.25, -0.2) is 4.99 Å². The molecular formula is C10H10BrNO. The van der Waals surface area contributed by atoms with Crippen molar-refractivity contribution in [2.24, 2.45) is 4.99 Å². The smallest absolute Gasteiger partial charge is 0.216 e. The Morgan fingerprint density at radius 2 is 2.15 bits per heavy atom. The molecule has 1 aromatic carbocycles. The second-order valence-corrected chi connectivity index (χ2v) is 3.55. The summed E-state index contributed by atoms with van der Waals surface area (Å²) in [7, 11) is 0. The Balaban J connectivity index is 2.12. The van der Waals surface area contributed by atoms with E-state index in [-0.39, 0.29) is 6.10 Å². The van der Waals surface area contributed by atoms with Gasteiger partial charge in [0.2, 0.25) is 5.90 Å². The summed E-state index contributed by atoms with van der Waals surface area (Å²) in [6, 6.07) is 9.98. The highest BCUT2D eigenvalue weighted by Gasteiger charge is 2.18. The Labute approximate surface area is 85.8 Å². The van der Waals surface area contributed by atoms with Crippen LogP contribution in [0.4, 0.5) is 0 Å². The van der Waals surface area contributed by atoms with E-state index in [0.29, 0.717) is 0 Å². The van der Waals surface area contributed by atoms with Crippen LogP contribution in [0.25, 0.3) is 0 Å². The van der Waals surface area contributed by atoms with Crippen molar-refractivity contribution in [3.8, 4) is 0 Å². The van der Waals surface area contributed by atoms with Crippen molar-refractivity contribution < 1.29 is 4.74 Å². The maximum atomic E-state index is 5.60. The number of ether oxygens (including phenoxy) is 1. The van der Waals surface area contributed by atoms with Crippen molar-refractivity contribution in [1.82, 2.24) is 0 Å². The zero-order valence-electron chi connectivity index (χ0n) is 7.11. The van der Waals surface area contributed by atoms with Gasteiger partial charge in [0.05, 0.1) is 6.54 Å². The SMILES string of the molecule is BrCC1CN=C(c2ccccc2)O1. The van der Waals surface area contributed by atoms with Crippen LogP contribution >= 0.6 is 15.9 Å². The standard InChI is InChI=1S/C10H10BrNO/c11-6-9-7-12-10(13-9)8-4-2-1-3-5-8/h1-5,9H,6-7H2. The second kappa shape index (κ2) is 3.92. The molecule has 1 unspecified atom stereocenters. The molecule has 2 nitrogen and oxygen atoms in total. The topological polar surface area (TPSA) is 21.6 Å². The van der Waals surface area contributed by atoms with Crippen molar-refractivity contribution in [3.05, 3.63) is 35.9 Å². The van der Waals surface area contributed by atoms with Crippen LogP contribution in [0.2, 0.25) is 0 Å². The van der Waals surface area contributed by atoms with Crippen LogP contribution in [-0.2, 0) is 4.74 Å². The van der Waals surface area contributed by atoms with Gasteiger partial charge in [-0.05, 0) is 12.1 Å². The van der Waals surface area contributed by atoms with Crippen LogP contribution in [-0.4, -0.2) is 23.9 Å². The minimum absolute atomic E-state index is 0.204. The molecule has 0 spiro atoms. The molecule has 0 aromatic heterocycles. The van der Waals surface area contributed by atoms with E-state index in [9.17, 15) is 0 Å². The van der Waals surface area contributed by atoms with Gasteiger partial charge in [-0.15, -0.1) is 0 Å². The summed E-state index contributed by atoms with van der Waals surface area (Å²) in [6.07, 6.45) is 0.204. The largest absolute Gasteiger partial charge is 0.471 e. The molecule has 1 atom stereocenters. The third-order valence-corrected chi connectivity index (χ3v) is 2.63. The number of alkyl halides is 1. The lowest BCUT2D eigenvalue weighted by Gasteiger charge is -2.06. The fourth-order valence-electron chi connectivity index (χ4n) is 1.24. The molecule has 68 valence electrons. The molecule has 13 heavy (non-hydrogen) atoms. The van der Waals surface area contributed by atoms with Crippen LogP contribution in [0.15, 0.2) is 35.3 Å². The van der Waals surface area contributed by atoms with E-state index in [0.717, 1.165) is 23.3 Å². The number of nitrogens with zero attached hydrogens (tertiary/aromatic N) is 1. The predicted octanol–water partition coefficient (Wildman–Crippen LogP) is 2.23. The van der Waals surface area contributed by atoms with Gasteiger partial charge >= 0.3 is 0 Å². The lowest BCUT2D eigenvalue weighted by Crippen LogP contribution is -2.14. The molecule has 1 aliphatic heterocycles. The monoisotopic (exact) mass is 239 g/mol. The first kappa shape index (κ1) is 8.75. The van der Waals surface area contributed by atoms with Gasteiger partial charge in [-0.1, -0.05) is 34.1 Å². The summed E-state index contributed by atoms with van der Waals surface area (Å²) >= 11 is 3.38. The van der Waals surface area contributed by atoms with Crippen LogP contribution in [0.1, 0.15) is 5.56 Å². The Bertz CT molecular complexity index is 310. The van der Waals surface area contributed by atoms with E-state index < -0.39 is 0 Å². The van der Waals surface area contributed by atoms with Crippen molar-refractivity contribution in [3.63, 3.8) is 0 Å². The third kappa shape index (κ3) is 1.91. The van der Waals surface area contributed by atoms with Gasteiger partial charge in [0.15, 0.2) is 0 Å². The lowest BCUT2D eigenvalue weighted by atomic mass is 10.2. The highest BCUT2D eigenvalue weighted by molar-refractivity contribution is 9.09. The van der Waals surface area contributed by atoms with Crippen molar-refractivity contribution in [2.75, 3.05) is 11.9 Å². The molecular weight excluding hydrogens is 230 g/mol. The fourth-order valence-corrected chi connectivity index (χ4v) is 1.57. The Morgan fingerprint density at radius 1 is 1.38 bits per heavy atom. The number of hydrogen-bond donors (Lipinski definition) is 0. The first-order valence-electron chi connectivity index (χ1n) is 4.22. The Morgan fingerprint density at radius 3 is 2.77 bits per heavy atom. The number of aliphatic imine (C=N–C) groups is 1. The molecule has 1 aliphatic rings. The number of rotatable bonds is 2. The molecule has 1 heterocycles. The van der Waals surface area contributed by atoms with Gasteiger partial charge in [-0.3, -0.25) is 0 Å². The molecule has 0 saturated carbocycles. The van der Waals surface area contributed by atoms with Gasteiger partial charge in [0, 0.05) is 10.9 Å². The average Bonchev–Trinajstić information content (AvgIpc) is 2.67. The molecule has 0 bridgehead atoms. The zero-order chi connectivity index (χ0) is 9.10. The maximum Gasteiger partial charge on any atom is 0.216 e. The third-order valence-electron chi connectivity index (χ3n) is 1.91. The van der Waals surface area contributed by atoms with E-state index >= 15 is 0 Å². The molecule has 0 saturated heterocycles. The molecule has 0 amide bonds. The highest BCUT2D eigenvalue weighted by Crippen LogP contribution is 2.13. The average molecular weight is 240 g/mol. The summed E-state index contributed by atoms with van der Waals surface area (Å²) in [4.78, 5) is 4.32. The lowest BCUT2D eigenvalue weighted by molar-refractivity contribution is 0.252. The van der Waals surface area contributed by atoms with E-state index in [1.807, 2.05) is 30.3 Å². The van der Waals surface area contributed by atoms with Gasteiger partial charge in [-0.2, -0.15) is 0 Å². The van der Waals surface area contributed by atoms with E-state index in [1.165, 1.54) is 0 Å². The Hall–Kier alpha value is -0.830. The molecule has 2 rings (SSSR count). The van der Waals surface area contributed by atoms with Crippen LogP contribution in [0.3, 0.4) is 0 Å². The van der Waals surface area contributed by atoms with E-state index in [2.05, 4.69) is 20.9 Å². The predicted molar refractivity (Wildman–Crippen MR) is 56.5 cm³/mol. The maximum absolute atomic E-state index is 5.60. The van der Waals surface area contributed by atoms with Crippen LogP contribution < -0.4 is 0 Å². The summed E-state index contributed by atoms with van der Waals surface area (Å²) < 4.78 is 5.60. The van der Waals surface area contributed by atoms with Crippen molar-refractivity contribution >= 4 is 21.8 Å². The zero-order valence-corrected chi connectivity index (χ0v) is 8.70. The molecule has 0 aliphatic carbocycles. The van der Waals surface area contributed by atoms with Gasteiger partial charge in [0.1, 0.15) is 6.10 Å². The molecule has 0 fully saturated rings. The first-order chi connectivity index (χ1) is 6.40.